The van der Waals surface area contributed by atoms with E-state index in [2.05, 4.69) is 10.3 Å². The summed E-state index contributed by atoms with van der Waals surface area (Å²) < 4.78 is 87.3. The number of halogens is 6. The molecule has 1 saturated carbocycles. The van der Waals surface area contributed by atoms with Crippen molar-refractivity contribution in [3.63, 3.8) is 0 Å². The van der Waals surface area contributed by atoms with Gasteiger partial charge in [0, 0.05) is 5.69 Å². The number of carbonyl (C=O) groups is 1. The van der Waals surface area contributed by atoms with Gasteiger partial charge < -0.3 is 10.1 Å². The summed E-state index contributed by atoms with van der Waals surface area (Å²) in [4.78, 5) is 17.3. The smallest absolute Gasteiger partial charge is 0.371 e. The van der Waals surface area contributed by atoms with Gasteiger partial charge in [0.15, 0.2) is 0 Å². The van der Waals surface area contributed by atoms with Crippen molar-refractivity contribution in [2.45, 2.75) is 50.4 Å². The average Bonchev–Trinajstić information content (AvgIpc) is 3.61. The lowest BCUT2D eigenvalue weighted by Crippen LogP contribution is -2.41. The molecule has 3 aromatic carbocycles. The first-order chi connectivity index (χ1) is 19.5. The van der Waals surface area contributed by atoms with Crippen molar-refractivity contribution in [2.24, 2.45) is 0 Å². The molecule has 5 nitrogen and oxygen atoms in total. The second-order valence-corrected chi connectivity index (χ2v) is 9.84. The minimum absolute atomic E-state index is 0.0931. The maximum Gasteiger partial charge on any atom is 0.416 e. The van der Waals surface area contributed by atoms with Crippen LogP contribution in [-0.4, -0.2) is 27.6 Å². The van der Waals surface area contributed by atoms with Crippen molar-refractivity contribution in [3.05, 3.63) is 108 Å². The molecule has 1 aliphatic carbocycles. The third kappa shape index (κ3) is 6.62. The van der Waals surface area contributed by atoms with Crippen LogP contribution in [0.25, 0.3) is 16.8 Å². The molecule has 1 aromatic heterocycles. The second-order valence-electron chi connectivity index (χ2n) is 9.84. The summed E-state index contributed by atoms with van der Waals surface area (Å²) in [5, 5.41) is 3.02. The molecule has 11 heteroatoms. The van der Waals surface area contributed by atoms with E-state index in [-0.39, 0.29) is 40.9 Å². The van der Waals surface area contributed by atoms with Crippen LogP contribution in [0.5, 0.6) is 0 Å². The molecule has 5 rings (SSSR count). The number of hydrogen-bond donors (Lipinski definition) is 1. The van der Waals surface area contributed by atoms with Crippen LogP contribution < -0.4 is 5.32 Å². The van der Waals surface area contributed by atoms with Gasteiger partial charge in [0.2, 0.25) is 0 Å². The highest BCUT2D eigenvalue weighted by Gasteiger charge is 2.37. The molecular weight excluding hydrogens is 548 g/mol. The van der Waals surface area contributed by atoms with Gasteiger partial charge in [0.05, 0.1) is 42.4 Å². The molecule has 4 aromatic rings. The maximum absolute atomic E-state index is 13.3. The Hall–Kier alpha value is -4.12. The Morgan fingerprint density at radius 1 is 0.878 bits per heavy atom. The van der Waals surface area contributed by atoms with Gasteiger partial charge in [-0.3, -0.25) is 9.36 Å². The highest BCUT2D eigenvalue weighted by Crippen LogP contribution is 2.38. The number of rotatable bonds is 7. The number of aromatic nitrogens is 2. The normalized spacial score (nSPS) is 17.5. The molecule has 1 unspecified atom stereocenters. The summed E-state index contributed by atoms with van der Waals surface area (Å²) in [6.45, 7) is 0.429. The van der Waals surface area contributed by atoms with Gasteiger partial charge in [-0.15, -0.1) is 0 Å². The van der Waals surface area contributed by atoms with Crippen LogP contribution in [0.3, 0.4) is 0 Å². The van der Waals surface area contributed by atoms with E-state index >= 15 is 0 Å². The van der Waals surface area contributed by atoms with Crippen molar-refractivity contribution in [1.29, 1.82) is 0 Å². The summed E-state index contributed by atoms with van der Waals surface area (Å²) in [6.07, 6.45) is -4.77. The average molecular weight is 574 g/mol. The molecule has 214 valence electrons. The minimum atomic E-state index is -4.94. The zero-order valence-electron chi connectivity index (χ0n) is 21.5. The molecule has 1 N–H and O–H groups in total. The molecule has 1 heterocycles. The molecule has 1 fully saturated rings. The molecule has 0 spiro atoms. The van der Waals surface area contributed by atoms with E-state index in [0.29, 0.717) is 24.4 Å². The first-order valence-corrected chi connectivity index (χ1v) is 12.9. The van der Waals surface area contributed by atoms with Crippen molar-refractivity contribution >= 4 is 5.91 Å². The summed E-state index contributed by atoms with van der Waals surface area (Å²) in [7, 11) is 0. The van der Waals surface area contributed by atoms with Gasteiger partial charge >= 0.3 is 12.4 Å². The van der Waals surface area contributed by atoms with Crippen LogP contribution in [0.4, 0.5) is 26.3 Å². The predicted molar refractivity (Wildman–Crippen MR) is 139 cm³/mol. The Kier molecular flexibility index (Phi) is 7.90. The van der Waals surface area contributed by atoms with Crippen LogP contribution in [0, 0.1) is 0 Å². The monoisotopic (exact) mass is 573 g/mol. The van der Waals surface area contributed by atoms with Crippen molar-refractivity contribution in [3.8, 4) is 16.8 Å². The van der Waals surface area contributed by atoms with E-state index in [1.807, 2.05) is 30.3 Å². The largest absolute Gasteiger partial charge is 0.416 e. The number of nitrogens with one attached hydrogen (secondary N) is 1. The van der Waals surface area contributed by atoms with Gasteiger partial charge in [-0.05, 0) is 66.3 Å². The van der Waals surface area contributed by atoms with E-state index in [4.69, 9.17) is 4.74 Å². The lowest BCUT2D eigenvalue weighted by Gasteiger charge is -2.22. The van der Waals surface area contributed by atoms with E-state index < -0.39 is 23.5 Å². The zero-order valence-corrected chi connectivity index (χ0v) is 21.5. The van der Waals surface area contributed by atoms with E-state index in [9.17, 15) is 31.1 Å². The Balaban J connectivity index is 1.32. The van der Waals surface area contributed by atoms with Crippen LogP contribution in [-0.2, 0) is 23.7 Å². The van der Waals surface area contributed by atoms with Crippen LogP contribution in [0.1, 0.15) is 46.4 Å². The number of ether oxygens (including phenoxy) is 1. The summed E-state index contributed by atoms with van der Waals surface area (Å²) in [5.74, 6) is -0.375. The highest BCUT2D eigenvalue weighted by molar-refractivity contribution is 5.93. The summed E-state index contributed by atoms with van der Waals surface area (Å²) in [6, 6.07) is 16.8. The molecular formula is C30H25F6N3O2. The Morgan fingerprint density at radius 3 is 2.17 bits per heavy atom. The number of nitrogens with zero attached hydrogens (tertiary/aromatic N) is 2. The molecule has 1 aliphatic rings. The minimum Gasteiger partial charge on any atom is -0.371 e. The zero-order chi connectivity index (χ0) is 29.2. The molecule has 1 amide bonds. The SMILES string of the molecule is O=C(NC1CCC[C@H]1OCc1ccccc1)c1cncn1-c1ccc(-c2cc(C(F)(F)F)cc(C(F)(F)F)c2)cc1. The molecule has 0 bridgehead atoms. The molecule has 0 aliphatic heterocycles. The molecule has 0 saturated heterocycles. The first-order valence-electron chi connectivity index (χ1n) is 12.9. The standard InChI is InChI=1S/C30H25F6N3O2/c31-29(32,33)22-13-21(14-23(15-22)30(34,35)36)20-9-11-24(12-10-20)39-18-37-16-26(39)28(40)38-25-7-4-8-27(25)41-17-19-5-2-1-3-6-19/h1-3,5-6,9-16,18,25,27H,4,7-8,17H2,(H,38,40)/t25?,27-/m1/s1. The molecule has 41 heavy (non-hydrogen) atoms. The number of amides is 1. The summed E-state index contributed by atoms with van der Waals surface area (Å²) in [5.41, 5.74) is -1.14. The lowest BCUT2D eigenvalue weighted by molar-refractivity contribution is -0.143. The molecule has 2 atom stereocenters. The second kappa shape index (κ2) is 11.4. The quantitative estimate of drug-likeness (QED) is 0.234. The van der Waals surface area contributed by atoms with Gasteiger partial charge in [-0.1, -0.05) is 42.5 Å². The third-order valence-corrected chi connectivity index (χ3v) is 7.01. The van der Waals surface area contributed by atoms with Crippen LogP contribution in [0.15, 0.2) is 85.3 Å². The van der Waals surface area contributed by atoms with Crippen molar-refractivity contribution < 1.29 is 35.9 Å². The first kappa shape index (κ1) is 28.4. The third-order valence-electron chi connectivity index (χ3n) is 7.01. The fraction of sp³-hybridized carbons (Fsp3) is 0.267. The van der Waals surface area contributed by atoms with Gasteiger partial charge in [0.1, 0.15) is 5.69 Å². The highest BCUT2D eigenvalue weighted by atomic mass is 19.4. The van der Waals surface area contributed by atoms with Crippen molar-refractivity contribution in [1.82, 2.24) is 14.9 Å². The van der Waals surface area contributed by atoms with Gasteiger partial charge in [-0.25, -0.2) is 4.98 Å². The Bertz CT molecular complexity index is 1470. The van der Waals surface area contributed by atoms with Gasteiger partial charge in [0.25, 0.3) is 5.91 Å². The van der Waals surface area contributed by atoms with E-state index in [1.54, 1.807) is 0 Å². The van der Waals surface area contributed by atoms with Crippen LogP contribution in [0.2, 0.25) is 0 Å². The number of alkyl halides is 6. The fourth-order valence-electron chi connectivity index (χ4n) is 4.92. The number of hydrogen-bond acceptors (Lipinski definition) is 3. The van der Waals surface area contributed by atoms with Gasteiger partial charge in [-0.2, -0.15) is 26.3 Å². The predicted octanol–water partition coefficient (Wildman–Crippen LogP) is 7.44. The molecule has 0 radical (unpaired) electrons. The number of carbonyl (C=O) groups excluding carboxylic acids is 1. The maximum atomic E-state index is 13.3. The number of imidazole rings is 1. The van der Waals surface area contributed by atoms with E-state index in [1.165, 1.54) is 41.4 Å². The van der Waals surface area contributed by atoms with E-state index in [0.717, 1.165) is 24.8 Å². The lowest BCUT2D eigenvalue weighted by atomic mass is 9.99. The Labute approximate surface area is 231 Å². The Morgan fingerprint density at radius 2 is 1.54 bits per heavy atom. The summed E-state index contributed by atoms with van der Waals surface area (Å²) >= 11 is 0. The van der Waals surface area contributed by atoms with Crippen molar-refractivity contribution in [2.75, 3.05) is 0 Å². The topological polar surface area (TPSA) is 56.1 Å². The number of benzene rings is 3. The van der Waals surface area contributed by atoms with Crippen LogP contribution >= 0.6 is 0 Å². The fourth-order valence-corrected chi connectivity index (χ4v) is 4.92.